The zero-order valence-corrected chi connectivity index (χ0v) is 13.9. The van der Waals surface area contributed by atoms with Crippen LogP contribution in [0.2, 0.25) is 0 Å². The predicted molar refractivity (Wildman–Crippen MR) is 93.2 cm³/mol. The van der Waals surface area contributed by atoms with Crippen molar-refractivity contribution in [3.05, 3.63) is 59.7 Å². The van der Waals surface area contributed by atoms with Gasteiger partial charge < -0.3 is 10.2 Å². The van der Waals surface area contributed by atoms with Gasteiger partial charge in [0.1, 0.15) is 0 Å². The lowest BCUT2D eigenvalue weighted by atomic mass is 10.0. The summed E-state index contributed by atoms with van der Waals surface area (Å²) in [7, 11) is -1.00. The van der Waals surface area contributed by atoms with E-state index in [1.165, 1.54) is 11.1 Å². The SMILES string of the molecule is C[S@](=O)c1ccc(NC(=O)N2CCc3ccccc3CC2)cc1. The highest BCUT2D eigenvalue weighted by atomic mass is 32.2. The highest BCUT2D eigenvalue weighted by Gasteiger charge is 2.18. The van der Waals surface area contributed by atoms with Crippen LogP contribution in [0.3, 0.4) is 0 Å². The molecule has 0 aliphatic carbocycles. The molecule has 2 amide bonds. The van der Waals surface area contributed by atoms with Gasteiger partial charge in [0.05, 0.1) is 0 Å². The van der Waals surface area contributed by atoms with Crippen LogP contribution in [-0.4, -0.2) is 34.5 Å². The van der Waals surface area contributed by atoms with Gasteiger partial charge in [-0.25, -0.2) is 4.79 Å². The van der Waals surface area contributed by atoms with Gasteiger partial charge in [-0.1, -0.05) is 24.3 Å². The molecule has 0 aromatic heterocycles. The molecular weight excluding hydrogens is 308 g/mol. The molecule has 0 fully saturated rings. The van der Waals surface area contributed by atoms with Crippen molar-refractivity contribution in [2.45, 2.75) is 17.7 Å². The van der Waals surface area contributed by atoms with Gasteiger partial charge in [-0.2, -0.15) is 0 Å². The van der Waals surface area contributed by atoms with Gasteiger partial charge in [-0.05, 0) is 48.2 Å². The van der Waals surface area contributed by atoms with E-state index in [1.54, 1.807) is 30.5 Å². The Labute approximate surface area is 139 Å². The number of carbonyl (C=O) groups excluding carboxylic acids is 1. The topological polar surface area (TPSA) is 49.4 Å². The Hall–Kier alpha value is -2.14. The predicted octanol–water partition coefficient (Wildman–Crippen LogP) is 3.06. The summed E-state index contributed by atoms with van der Waals surface area (Å²) in [6.45, 7) is 1.44. The van der Waals surface area contributed by atoms with Crippen molar-refractivity contribution in [1.82, 2.24) is 4.90 Å². The number of fused-ring (bicyclic) bond motifs is 1. The fraction of sp³-hybridized carbons (Fsp3) is 0.278. The van der Waals surface area contributed by atoms with Gasteiger partial charge in [0.2, 0.25) is 0 Å². The quantitative estimate of drug-likeness (QED) is 0.921. The van der Waals surface area contributed by atoms with Crippen LogP contribution in [0.15, 0.2) is 53.4 Å². The second-order valence-electron chi connectivity index (χ2n) is 5.66. The Morgan fingerprint density at radius 3 is 2.09 bits per heavy atom. The largest absolute Gasteiger partial charge is 0.324 e. The fourth-order valence-electron chi connectivity index (χ4n) is 2.80. The van der Waals surface area contributed by atoms with Gasteiger partial charge in [-0.3, -0.25) is 4.21 Å². The third-order valence-corrected chi connectivity index (χ3v) is 5.08. The Morgan fingerprint density at radius 2 is 1.57 bits per heavy atom. The van der Waals surface area contributed by atoms with Crippen molar-refractivity contribution in [3.8, 4) is 0 Å². The van der Waals surface area contributed by atoms with Crippen LogP contribution in [0.1, 0.15) is 11.1 Å². The number of hydrogen-bond acceptors (Lipinski definition) is 2. The summed E-state index contributed by atoms with van der Waals surface area (Å²) < 4.78 is 11.4. The molecule has 0 radical (unpaired) electrons. The maximum atomic E-state index is 12.4. The van der Waals surface area contributed by atoms with Crippen molar-refractivity contribution in [1.29, 1.82) is 0 Å². The molecule has 1 heterocycles. The zero-order chi connectivity index (χ0) is 16.2. The summed E-state index contributed by atoms with van der Waals surface area (Å²) in [4.78, 5) is 15.1. The van der Waals surface area contributed by atoms with Crippen LogP contribution in [0.25, 0.3) is 0 Å². The number of urea groups is 1. The molecule has 1 N–H and O–H groups in total. The van der Waals surface area contributed by atoms with E-state index in [9.17, 15) is 9.00 Å². The summed E-state index contributed by atoms with van der Waals surface area (Å²) in [6.07, 6.45) is 3.41. The molecular formula is C18H20N2O2S. The summed E-state index contributed by atoms with van der Waals surface area (Å²) in [6, 6.07) is 15.4. The van der Waals surface area contributed by atoms with E-state index in [4.69, 9.17) is 0 Å². The van der Waals surface area contributed by atoms with E-state index in [2.05, 4.69) is 17.4 Å². The minimum absolute atomic E-state index is 0.0804. The molecule has 0 saturated heterocycles. The average Bonchev–Trinajstić information content (AvgIpc) is 2.78. The number of benzene rings is 2. The lowest BCUT2D eigenvalue weighted by Crippen LogP contribution is -2.36. The molecule has 0 saturated carbocycles. The molecule has 0 spiro atoms. The van der Waals surface area contributed by atoms with Crippen LogP contribution >= 0.6 is 0 Å². The van der Waals surface area contributed by atoms with Crippen molar-refractivity contribution in [2.24, 2.45) is 0 Å². The summed E-state index contributed by atoms with van der Waals surface area (Å²) in [5.41, 5.74) is 3.39. The monoisotopic (exact) mass is 328 g/mol. The zero-order valence-electron chi connectivity index (χ0n) is 13.1. The molecule has 0 bridgehead atoms. The van der Waals surface area contributed by atoms with E-state index in [1.807, 2.05) is 17.0 Å². The molecule has 1 aliphatic heterocycles. The molecule has 1 aliphatic rings. The highest BCUT2D eigenvalue weighted by molar-refractivity contribution is 7.84. The van der Waals surface area contributed by atoms with Crippen molar-refractivity contribution in [2.75, 3.05) is 24.7 Å². The van der Waals surface area contributed by atoms with Gasteiger partial charge >= 0.3 is 6.03 Å². The summed E-state index contributed by atoms with van der Waals surface area (Å²) in [5, 5.41) is 2.92. The average molecular weight is 328 g/mol. The Kier molecular flexibility index (Phi) is 4.76. The summed E-state index contributed by atoms with van der Waals surface area (Å²) >= 11 is 0. The van der Waals surface area contributed by atoms with Gasteiger partial charge in [0.25, 0.3) is 0 Å². The molecule has 1 atom stereocenters. The smallest absolute Gasteiger partial charge is 0.321 e. The molecule has 120 valence electrons. The normalized spacial score (nSPS) is 15.4. The van der Waals surface area contributed by atoms with E-state index >= 15 is 0 Å². The van der Waals surface area contributed by atoms with Crippen molar-refractivity contribution < 1.29 is 9.00 Å². The molecule has 23 heavy (non-hydrogen) atoms. The van der Waals surface area contributed by atoms with E-state index in [-0.39, 0.29) is 6.03 Å². The maximum absolute atomic E-state index is 12.4. The first kappa shape index (κ1) is 15.7. The Bertz CT molecular complexity index is 701. The van der Waals surface area contributed by atoms with Crippen LogP contribution in [0.4, 0.5) is 10.5 Å². The first-order valence-electron chi connectivity index (χ1n) is 7.70. The number of amides is 2. The van der Waals surface area contributed by atoms with Crippen LogP contribution < -0.4 is 5.32 Å². The first-order chi connectivity index (χ1) is 11.1. The van der Waals surface area contributed by atoms with E-state index in [0.29, 0.717) is 0 Å². The van der Waals surface area contributed by atoms with Crippen molar-refractivity contribution in [3.63, 3.8) is 0 Å². The molecule has 0 unspecified atom stereocenters. The number of hydrogen-bond donors (Lipinski definition) is 1. The fourth-order valence-corrected chi connectivity index (χ4v) is 3.32. The number of anilines is 1. The molecule has 5 heteroatoms. The minimum Gasteiger partial charge on any atom is -0.324 e. The molecule has 2 aromatic carbocycles. The summed E-state index contributed by atoms with van der Waals surface area (Å²) in [5.74, 6) is 0. The van der Waals surface area contributed by atoms with Crippen LogP contribution in [-0.2, 0) is 23.6 Å². The first-order valence-corrected chi connectivity index (χ1v) is 9.25. The van der Waals surface area contributed by atoms with Gasteiger partial charge in [0, 0.05) is 40.7 Å². The number of nitrogens with one attached hydrogen (secondary N) is 1. The third kappa shape index (κ3) is 3.79. The third-order valence-electron chi connectivity index (χ3n) is 4.15. The highest BCUT2D eigenvalue weighted by Crippen LogP contribution is 2.17. The standard InChI is InChI=1S/C18H20N2O2S/c1-23(22)17-8-6-16(7-9-17)19-18(21)20-12-10-14-4-2-3-5-15(14)11-13-20/h2-9H,10-13H2,1H3,(H,19,21)/t23-/m0/s1. The lowest BCUT2D eigenvalue weighted by molar-refractivity contribution is 0.214. The number of nitrogens with zero attached hydrogens (tertiary/aromatic N) is 1. The Morgan fingerprint density at radius 1 is 1.00 bits per heavy atom. The number of carbonyl (C=O) groups is 1. The molecule has 2 aromatic rings. The van der Waals surface area contributed by atoms with E-state index < -0.39 is 10.8 Å². The van der Waals surface area contributed by atoms with Crippen molar-refractivity contribution >= 4 is 22.5 Å². The van der Waals surface area contributed by atoms with Crippen LogP contribution in [0.5, 0.6) is 0 Å². The van der Waals surface area contributed by atoms with Crippen LogP contribution in [0, 0.1) is 0 Å². The second-order valence-corrected chi connectivity index (χ2v) is 7.04. The second kappa shape index (κ2) is 6.96. The van der Waals surface area contributed by atoms with Gasteiger partial charge in [-0.15, -0.1) is 0 Å². The number of rotatable bonds is 2. The maximum Gasteiger partial charge on any atom is 0.321 e. The minimum atomic E-state index is -1.00. The molecule has 4 nitrogen and oxygen atoms in total. The van der Waals surface area contributed by atoms with E-state index in [0.717, 1.165) is 36.5 Å². The lowest BCUT2D eigenvalue weighted by Gasteiger charge is -2.20. The Balaban J connectivity index is 1.64. The van der Waals surface area contributed by atoms with Gasteiger partial charge in [0.15, 0.2) is 0 Å². The molecule has 3 rings (SSSR count).